The van der Waals surface area contributed by atoms with E-state index in [1.807, 2.05) is 20.8 Å². The van der Waals surface area contributed by atoms with Gasteiger partial charge in [-0.25, -0.2) is 0 Å². The number of carbonyl (C=O) groups is 1. The van der Waals surface area contributed by atoms with Crippen LogP contribution in [0.5, 0.6) is 0 Å². The molecule has 0 spiro atoms. The predicted octanol–water partition coefficient (Wildman–Crippen LogP) is 1.87. The van der Waals surface area contributed by atoms with Crippen LogP contribution in [0.1, 0.15) is 46.5 Å². The van der Waals surface area contributed by atoms with Crippen LogP contribution in [0.4, 0.5) is 0 Å². The lowest BCUT2D eigenvalue weighted by molar-refractivity contribution is -0.128. The number of rotatable bonds is 6. The zero-order chi connectivity index (χ0) is 12.7. The molecule has 5 heteroatoms. The number of nitrogens with one attached hydrogen (secondary N) is 2. The van der Waals surface area contributed by atoms with E-state index in [-0.39, 0.29) is 30.0 Å². The van der Waals surface area contributed by atoms with Crippen molar-refractivity contribution in [1.29, 1.82) is 0 Å². The topological polar surface area (TPSA) is 50.4 Å². The molecule has 0 aromatic heterocycles. The number of hydrogen-bond donors (Lipinski definition) is 2. The van der Waals surface area contributed by atoms with Gasteiger partial charge in [-0.1, -0.05) is 0 Å². The van der Waals surface area contributed by atoms with Crippen molar-refractivity contribution < 1.29 is 9.53 Å². The average Bonchev–Trinajstić information content (AvgIpc) is 2.29. The van der Waals surface area contributed by atoms with Crippen molar-refractivity contribution in [2.24, 2.45) is 0 Å². The smallest absolute Gasteiger partial charge is 0.240 e. The highest BCUT2D eigenvalue weighted by molar-refractivity contribution is 5.86. The molecule has 1 amide bonds. The Kier molecular flexibility index (Phi) is 8.57. The maximum atomic E-state index is 12.0. The molecule has 0 aromatic carbocycles. The Bertz CT molecular complexity index is 241. The van der Waals surface area contributed by atoms with Gasteiger partial charge in [-0.05, 0) is 53.0 Å². The van der Waals surface area contributed by atoms with Crippen molar-refractivity contribution >= 4 is 18.3 Å². The summed E-state index contributed by atoms with van der Waals surface area (Å²) in [5.74, 6) is 0.127. The van der Waals surface area contributed by atoms with E-state index in [4.69, 9.17) is 4.74 Å². The minimum Gasteiger partial charge on any atom is -0.379 e. The number of hydrogen-bond acceptors (Lipinski definition) is 3. The second-order valence-electron chi connectivity index (χ2n) is 5.24. The molecular formula is C13H27ClN2O2. The molecule has 108 valence electrons. The van der Waals surface area contributed by atoms with Gasteiger partial charge in [-0.2, -0.15) is 0 Å². The van der Waals surface area contributed by atoms with E-state index in [9.17, 15) is 4.79 Å². The first kappa shape index (κ1) is 17.7. The zero-order valence-electron chi connectivity index (χ0n) is 11.8. The number of piperidine rings is 1. The van der Waals surface area contributed by atoms with E-state index in [1.54, 1.807) is 0 Å². The third kappa shape index (κ3) is 6.03. The highest BCUT2D eigenvalue weighted by Gasteiger charge is 2.33. The van der Waals surface area contributed by atoms with Crippen molar-refractivity contribution in [3.05, 3.63) is 0 Å². The SMILES string of the molecule is CC(C)OCCCNC(=O)C1(C)CCCCN1.Cl. The maximum absolute atomic E-state index is 12.0. The molecule has 4 nitrogen and oxygen atoms in total. The Morgan fingerprint density at radius 2 is 2.17 bits per heavy atom. The van der Waals surface area contributed by atoms with Gasteiger partial charge in [0.05, 0.1) is 11.6 Å². The molecule has 1 saturated heterocycles. The lowest BCUT2D eigenvalue weighted by Gasteiger charge is -2.33. The fourth-order valence-corrected chi connectivity index (χ4v) is 2.04. The lowest BCUT2D eigenvalue weighted by Crippen LogP contribution is -2.57. The molecule has 0 aliphatic carbocycles. The third-order valence-electron chi connectivity index (χ3n) is 3.18. The Labute approximate surface area is 117 Å². The standard InChI is InChI=1S/C13H26N2O2.ClH/c1-11(2)17-10-6-8-14-12(16)13(3)7-4-5-9-15-13;/h11,15H,4-10H2,1-3H3,(H,14,16);1H. The second kappa shape index (κ2) is 8.73. The Morgan fingerprint density at radius 3 is 2.72 bits per heavy atom. The van der Waals surface area contributed by atoms with Crippen molar-refractivity contribution in [2.75, 3.05) is 19.7 Å². The van der Waals surface area contributed by atoms with Crippen molar-refractivity contribution in [3.8, 4) is 0 Å². The molecule has 0 radical (unpaired) electrons. The minimum absolute atomic E-state index is 0. The molecule has 1 aliphatic rings. The van der Waals surface area contributed by atoms with Gasteiger partial charge in [0, 0.05) is 13.2 Å². The van der Waals surface area contributed by atoms with Gasteiger partial charge in [-0.15, -0.1) is 12.4 Å². The van der Waals surface area contributed by atoms with Gasteiger partial charge in [0.15, 0.2) is 0 Å². The molecule has 1 rings (SSSR count). The molecule has 1 atom stereocenters. The first-order chi connectivity index (χ1) is 8.04. The second-order valence-corrected chi connectivity index (χ2v) is 5.24. The summed E-state index contributed by atoms with van der Waals surface area (Å²) in [7, 11) is 0. The van der Waals surface area contributed by atoms with Gasteiger partial charge >= 0.3 is 0 Å². The normalized spacial score (nSPS) is 23.6. The van der Waals surface area contributed by atoms with Gasteiger partial charge in [0.25, 0.3) is 0 Å². The van der Waals surface area contributed by atoms with Crippen molar-refractivity contribution in [1.82, 2.24) is 10.6 Å². The molecule has 1 fully saturated rings. The van der Waals surface area contributed by atoms with E-state index in [2.05, 4.69) is 10.6 Å². The summed E-state index contributed by atoms with van der Waals surface area (Å²) in [5, 5.41) is 6.30. The van der Waals surface area contributed by atoms with Crippen LogP contribution < -0.4 is 10.6 Å². The number of carbonyl (C=O) groups excluding carboxylic acids is 1. The summed E-state index contributed by atoms with van der Waals surface area (Å²) in [6, 6.07) is 0. The Balaban J connectivity index is 0.00000289. The number of ether oxygens (including phenoxy) is 1. The molecule has 0 aromatic rings. The summed E-state index contributed by atoms with van der Waals surface area (Å²) in [4.78, 5) is 12.0. The van der Waals surface area contributed by atoms with Gasteiger partial charge in [0.2, 0.25) is 5.91 Å². The quantitative estimate of drug-likeness (QED) is 0.730. The average molecular weight is 279 g/mol. The summed E-state index contributed by atoms with van der Waals surface area (Å²) < 4.78 is 5.43. The summed E-state index contributed by atoms with van der Waals surface area (Å²) >= 11 is 0. The van der Waals surface area contributed by atoms with Gasteiger partial charge < -0.3 is 15.4 Å². The van der Waals surface area contributed by atoms with Crippen LogP contribution in [-0.2, 0) is 9.53 Å². The predicted molar refractivity (Wildman–Crippen MR) is 76.2 cm³/mol. The first-order valence-electron chi connectivity index (χ1n) is 6.69. The largest absolute Gasteiger partial charge is 0.379 e. The van der Waals surface area contributed by atoms with Gasteiger partial charge in [0.1, 0.15) is 0 Å². The minimum atomic E-state index is -0.364. The molecule has 0 saturated carbocycles. The molecule has 0 bridgehead atoms. The van der Waals surface area contributed by atoms with E-state index in [0.717, 1.165) is 25.8 Å². The summed E-state index contributed by atoms with van der Waals surface area (Å²) in [6.45, 7) is 8.38. The highest BCUT2D eigenvalue weighted by Crippen LogP contribution is 2.18. The molecule has 1 aliphatic heterocycles. The summed E-state index contributed by atoms with van der Waals surface area (Å²) in [5.41, 5.74) is -0.364. The van der Waals surface area contributed by atoms with Crippen LogP contribution in [0.15, 0.2) is 0 Å². The van der Waals surface area contributed by atoms with Crippen molar-refractivity contribution in [3.63, 3.8) is 0 Å². The molecular weight excluding hydrogens is 252 g/mol. The third-order valence-corrected chi connectivity index (χ3v) is 3.18. The van der Waals surface area contributed by atoms with Crippen LogP contribution in [0.2, 0.25) is 0 Å². The van der Waals surface area contributed by atoms with E-state index in [0.29, 0.717) is 13.2 Å². The number of amides is 1. The van der Waals surface area contributed by atoms with E-state index < -0.39 is 0 Å². The highest BCUT2D eigenvalue weighted by atomic mass is 35.5. The molecule has 2 N–H and O–H groups in total. The monoisotopic (exact) mass is 278 g/mol. The van der Waals surface area contributed by atoms with Crippen molar-refractivity contribution in [2.45, 2.75) is 58.1 Å². The fraction of sp³-hybridized carbons (Fsp3) is 0.923. The Hall–Kier alpha value is -0.320. The number of halogens is 1. The maximum Gasteiger partial charge on any atom is 0.240 e. The molecule has 1 unspecified atom stereocenters. The van der Waals surface area contributed by atoms with Crippen LogP contribution >= 0.6 is 12.4 Å². The first-order valence-corrected chi connectivity index (χ1v) is 6.69. The van der Waals surface area contributed by atoms with Crippen LogP contribution in [0, 0.1) is 0 Å². The van der Waals surface area contributed by atoms with Crippen LogP contribution in [0.3, 0.4) is 0 Å². The van der Waals surface area contributed by atoms with Crippen LogP contribution in [-0.4, -0.2) is 37.2 Å². The molecule has 1 heterocycles. The van der Waals surface area contributed by atoms with Gasteiger partial charge in [-0.3, -0.25) is 4.79 Å². The fourth-order valence-electron chi connectivity index (χ4n) is 2.04. The zero-order valence-corrected chi connectivity index (χ0v) is 12.6. The molecule has 18 heavy (non-hydrogen) atoms. The van der Waals surface area contributed by atoms with E-state index in [1.165, 1.54) is 6.42 Å². The van der Waals surface area contributed by atoms with E-state index >= 15 is 0 Å². The summed E-state index contributed by atoms with van der Waals surface area (Å²) in [6.07, 6.45) is 4.38. The Morgan fingerprint density at radius 1 is 1.44 bits per heavy atom. The van der Waals surface area contributed by atoms with Crippen LogP contribution in [0.25, 0.3) is 0 Å². The lowest BCUT2D eigenvalue weighted by atomic mass is 9.90.